The molecule has 0 saturated carbocycles. The molecule has 3 heterocycles. The first kappa shape index (κ1) is 18.8. The summed E-state index contributed by atoms with van der Waals surface area (Å²) < 4.78 is 6.78. The Balaban J connectivity index is 1.50. The van der Waals surface area contributed by atoms with Gasteiger partial charge in [0.05, 0.1) is 16.6 Å². The number of nitrogens with one attached hydrogen (secondary N) is 1. The molecule has 1 aromatic carbocycles. The molecule has 1 amide bonds. The molecule has 29 heavy (non-hydrogen) atoms. The summed E-state index contributed by atoms with van der Waals surface area (Å²) in [6.45, 7) is 1.81. The fourth-order valence-corrected chi connectivity index (χ4v) is 4.43. The maximum atomic E-state index is 12.7. The molecule has 0 bridgehead atoms. The molecule has 0 unspecified atom stereocenters. The number of carbonyl (C=O) groups is 2. The van der Waals surface area contributed by atoms with Crippen molar-refractivity contribution in [3.8, 4) is 6.07 Å². The van der Waals surface area contributed by atoms with Crippen LogP contribution in [0.4, 0.5) is 5.69 Å². The molecular formula is C20H16N4O4S. The molecule has 3 aromatic rings. The molecule has 8 nitrogen and oxygen atoms in total. The van der Waals surface area contributed by atoms with E-state index in [2.05, 4.69) is 10.3 Å². The standard InChI is InChI=1S/C20H16N4O4S/c1-11-16-18(23-14-7-4-8-24(14)19(16)26)29-17(11)20(27)28-10-15(25)22-13-6-3-2-5-12(13)9-21/h2-3,5-6H,4,7-8,10H2,1H3,(H,22,25). The third kappa shape index (κ3) is 3.39. The van der Waals surface area contributed by atoms with E-state index in [0.29, 0.717) is 33.6 Å². The average Bonchev–Trinajstić information content (AvgIpc) is 3.31. The normalized spacial score (nSPS) is 12.4. The Kier molecular flexibility index (Phi) is 4.86. The van der Waals surface area contributed by atoms with Gasteiger partial charge in [0.15, 0.2) is 6.61 Å². The molecule has 0 fully saturated rings. The van der Waals surface area contributed by atoms with Crippen molar-refractivity contribution in [2.24, 2.45) is 0 Å². The molecule has 146 valence electrons. The van der Waals surface area contributed by atoms with E-state index in [1.54, 1.807) is 35.8 Å². The molecule has 0 spiro atoms. The third-order valence-corrected chi connectivity index (χ3v) is 5.92. The van der Waals surface area contributed by atoms with Gasteiger partial charge in [-0.3, -0.25) is 14.2 Å². The van der Waals surface area contributed by atoms with Crippen molar-refractivity contribution >= 4 is 39.1 Å². The number of anilines is 1. The summed E-state index contributed by atoms with van der Waals surface area (Å²) >= 11 is 1.10. The van der Waals surface area contributed by atoms with Crippen molar-refractivity contribution in [3.05, 3.63) is 56.4 Å². The van der Waals surface area contributed by atoms with E-state index in [1.165, 1.54) is 0 Å². The summed E-state index contributed by atoms with van der Waals surface area (Å²) in [5.41, 5.74) is 1.04. The number of nitrogens with zero attached hydrogens (tertiary/aromatic N) is 3. The Morgan fingerprint density at radius 2 is 2.17 bits per heavy atom. The van der Waals surface area contributed by atoms with Gasteiger partial charge < -0.3 is 10.1 Å². The van der Waals surface area contributed by atoms with Crippen LogP contribution in [0, 0.1) is 18.3 Å². The fraction of sp³-hybridized carbons (Fsp3) is 0.250. The quantitative estimate of drug-likeness (QED) is 0.663. The fourth-order valence-electron chi connectivity index (χ4n) is 3.34. The molecule has 0 aliphatic carbocycles. The van der Waals surface area contributed by atoms with Crippen LogP contribution in [0.5, 0.6) is 0 Å². The van der Waals surface area contributed by atoms with Crippen molar-refractivity contribution in [1.29, 1.82) is 5.26 Å². The number of fused-ring (bicyclic) bond motifs is 2. The van der Waals surface area contributed by atoms with Crippen LogP contribution >= 0.6 is 11.3 Å². The van der Waals surface area contributed by atoms with E-state index in [-0.39, 0.29) is 10.4 Å². The first-order valence-electron chi connectivity index (χ1n) is 8.98. The number of aryl methyl sites for hydroxylation is 2. The lowest BCUT2D eigenvalue weighted by atomic mass is 10.2. The van der Waals surface area contributed by atoms with Crippen LogP contribution in [0.25, 0.3) is 10.2 Å². The number of esters is 1. The Hall–Kier alpha value is -3.51. The van der Waals surface area contributed by atoms with Crippen LogP contribution < -0.4 is 10.9 Å². The van der Waals surface area contributed by atoms with Crippen molar-refractivity contribution < 1.29 is 14.3 Å². The van der Waals surface area contributed by atoms with E-state index in [4.69, 9.17) is 10.00 Å². The molecule has 0 saturated heterocycles. The summed E-state index contributed by atoms with van der Waals surface area (Å²) in [7, 11) is 0. The Labute approximate surface area is 169 Å². The number of thiophene rings is 1. The second-order valence-corrected chi connectivity index (χ2v) is 7.61. The smallest absolute Gasteiger partial charge is 0.349 e. The van der Waals surface area contributed by atoms with E-state index in [9.17, 15) is 14.4 Å². The summed E-state index contributed by atoms with van der Waals surface area (Å²) in [5, 5.41) is 12.0. The second-order valence-electron chi connectivity index (χ2n) is 6.61. The van der Waals surface area contributed by atoms with Gasteiger partial charge in [-0.25, -0.2) is 9.78 Å². The maximum Gasteiger partial charge on any atom is 0.349 e. The van der Waals surface area contributed by atoms with Crippen LogP contribution in [0.2, 0.25) is 0 Å². The summed E-state index contributed by atoms with van der Waals surface area (Å²) in [6.07, 6.45) is 1.63. The minimum absolute atomic E-state index is 0.138. The first-order valence-corrected chi connectivity index (χ1v) is 9.80. The lowest BCUT2D eigenvalue weighted by Crippen LogP contribution is -2.22. The summed E-state index contributed by atoms with van der Waals surface area (Å²) in [4.78, 5) is 42.6. The highest BCUT2D eigenvalue weighted by atomic mass is 32.1. The summed E-state index contributed by atoms with van der Waals surface area (Å²) in [6, 6.07) is 8.51. The van der Waals surface area contributed by atoms with Gasteiger partial charge in [-0.05, 0) is 31.0 Å². The van der Waals surface area contributed by atoms with Crippen LogP contribution in [-0.4, -0.2) is 28.0 Å². The van der Waals surface area contributed by atoms with Crippen molar-refractivity contribution in [2.45, 2.75) is 26.3 Å². The van der Waals surface area contributed by atoms with Crippen molar-refractivity contribution in [1.82, 2.24) is 9.55 Å². The Bertz CT molecular complexity index is 1250. The minimum Gasteiger partial charge on any atom is -0.451 e. The summed E-state index contributed by atoms with van der Waals surface area (Å²) in [5.74, 6) is -0.505. The van der Waals surface area contributed by atoms with E-state index < -0.39 is 18.5 Å². The zero-order valence-corrected chi connectivity index (χ0v) is 16.3. The zero-order chi connectivity index (χ0) is 20.5. The number of rotatable bonds is 4. The van der Waals surface area contributed by atoms with Gasteiger partial charge in [-0.1, -0.05) is 12.1 Å². The number of ether oxygens (including phenoxy) is 1. The molecule has 1 aliphatic heterocycles. The minimum atomic E-state index is -0.682. The number of para-hydroxylation sites is 1. The van der Waals surface area contributed by atoms with E-state index in [1.807, 2.05) is 6.07 Å². The molecule has 0 radical (unpaired) electrons. The van der Waals surface area contributed by atoms with Crippen molar-refractivity contribution in [3.63, 3.8) is 0 Å². The molecule has 1 aliphatic rings. The van der Waals surface area contributed by atoms with Gasteiger partial charge in [-0.15, -0.1) is 11.3 Å². The van der Waals surface area contributed by atoms with Crippen LogP contribution in [0.1, 0.15) is 33.0 Å². The van der Waals surface area contributed by atoms with E-state index >= 15 is 0 Å². The van der Waals surface area contributed by atoms with Gasteiger partial charge in [0.25, 0.3) is 11.5 Å². The Morgan fingerprint density at radius 3 is 2.97 bits per heavy atom. The number of aromatic nitrogens is 2. The lowest BCUT2D eigenvalue weighted by Gasteiger charge is -2.07. The molecule has 9 heteroatoms. The SMILES string of the molecule is Cc1c(C(=O)OCC(=O)Nc2ccccc2C#N)sc2nc3n(c(=O)c12)CCC3. The number of hydrogen-bond donors (Lipinski definition) is 1. The highest BCUT2D eigenvalue weighted by Gasteiger charge is 2.24. The Morgan fingerprint density at radius 1 is 1.38 bits per heavy atom. The third-order valence-electron chi connectivity index (χ3n) is 4.75. The zero-order valence-electron chi connectivity index (χ0n) is 15.5. The number of carbonyl (C=O) groups excluding carboxylic acids is 2. The predicted octanol–water partition coefficient (Wildman–Crippen LogP) is 2.38. The topological polar surface area (TPSA) is 114 Å². The van der Waals surface area contributed by atoms with Crippen LogP contribution in [0.15, 0.2) is 29.1 Å². The second kappa shape index (κ2) is 7.48. The number of amides is 1. The molecule has 2 aromatic heterocycles. The van der Waals surface area contributed by atoms with Gasteiger partial charge in [0.1, 0.15) is 21.6 Å². The molecule has 0 atom stereocenters. The molecule has 4 rings (SSSR count). The number of nitriles is 1. The van der Waals surface area contributed by atoms with Crippen molar-refractivity contribution in [2.75, 3.05) is 11.9 Å². The maximum absolute atomic E-state index is 12.7. The highest BCUT2D eigenvalue weighted by molar-refractivity contribution is 7.20. The van der Waals surface area contributed by atoms with Gasteiger partial charge >= 0.3 is 5.97 Å². The predicted molar refractivity (Wildman–Crippen MR) is 107 cm³/mol. The number of benzene rings is 1. The lowest BCUT2D eigenvalue weighted by molar-refractivity contribution is -0.119. The van der Waals surface area contributed by atoms with Crippen LogP contribution in [0.3, 0.4) is 0 Å². The van der Waals surface area contributed by atoms with Gasteiger partial charge in [0.2, 0.25) is 0 Å². The van der Waals surface area contributed by atoms with Gasteiger partial charge in [-0.2, -0.15) is 5.26 Å². The molecule has 1 N–H and O–H groups in total. The average molecular weight is 408 g/mol. The monoisotopic (exact) mass is 408 g/mol. The van der Waals surface area contributed by atoms with Gasteiger partial charge in [0, 0.05) is 13.0 Å². The molecular weight excluding hydrogens is 392 g/mol. The van der Waals surface area contributed by atoms with E-state index in [0.717, 1.165) is 30.0 Å². The first-order chi connectivity index (χ1) is 14.0. The largest absolute Gasteiger partial charge is 0.451 e. The highest BCUT2D eigenvalue weighted by Crippen LogP contribution is 2.29. The van der Waals surface area contributed by atoms with Crippen LogP contribution in [-0.2, 0) is 22.5 Å². The number of hydrogen-bond acceptors (Lipinski definition) is 7.